The lowest BCUT2D eigenvalue weighted by Gasteiger charge is -2.20. The molecule has 0 spiro atoms. The number of aryl methyl sites for hydroxylation is 1. The van der Waals surface area contributed by atoms with Gasteiger partial charge in [0, 0.05) is 38.0 Å². The van der Waals surface area contributed by atoms with Crippen molar-refractivity contribution < 1.29 is 0 Å². The molecular formula is C16H25N5. The molecule has 0 bridgehead atoms. The molecule has 0 radical (unpaired) electrons. The first-order valence-corrected chi connectivity index (χ1v) is 7.98. The lowest BCUT2D eigenvalue weighted by atomic mass is 10.0. The van der Waals surface area contributed by atoms with E-state index in [2.05, 4.69) is 35.6 Å². The number of fused-ring (bicyclic) bond motifs is 3. The Hall–Kier alpha value is -1.62. The van der Waals surface area contributed by atoms with Crippen molar-refractivity contribution in [3.63, 3.8) is 0 Å². The van der Waals surface area contributed by atoms with Crippen LogP contribution in [0.4, 0.5) is 5.82 Å². The molecule has 1 aliphatic heterocycles. The highest BCUT2D eigenvalue weighted by molar-refractivity contribution is 5.89. The van der Waals surface area contributed by atoms with Crippen LogP contribution < -0.4 is 11.1 Å². The first-order chi connectivity index (χ1) is 10.1. The largest absolute Gasteiger partial charge is 0.382 e. The molecule has 0 saturated carbocycles. The van der Waals surface area contributed by atoms with E-state index in [9.17, 15) is 0 Å². The molecule has 5 nitrogen and oxygen atoms in total. The summed E-state index contributed by atoms with van der Waals surface area (Å²) < 4.78 is 2.38. The molecule has 5 heteroatoms. The van der Waals surface area contributed by atoms with Gasteiger partial charge in [-0.15, -0.1) is 0 Å². The Balaban J connectivity index is 2.27. The van der Waals surface area contributed by atoms with Crippen molar-refractivity contribution in [2.24, 2.45) is 5.92 Å². The fraction of sp³-hybridized carbons (Fsp3) is 0.625. The van der Waals surface area contributed by atoms with Crippen LogP contribution in [0.2, 0.25) is 0 Å². The summed E-state index contributed by atoms with van der Waals surface area (Å²) in [6.45, 7) is 9.52. The number of nitrogens with two attached hydrogens (primary N) is 1. The number of pyridine rings is 1. The van der Waals surface area contributed by atoms with Crippen LogP contribution in [0.25, 0.3) is 11.0 Å². The third-order valence-electron chi connectivity index (χ3n) is 4.04. The van der Waals surface area contributed by atoms with Crippen LogP contribution >= 0.6 is 0 Å². The Morgan fingerprint density at radius 3 is 2.86 bits per heavy atom. The minimum absolute atomic E-state index is 0.583. The van der Waals surface area contributed by atoms with Crippen molar-refractivity contribution in [3.8, 4) is 0 Å². The molecule has 0 aromatic carbocycles. The van der Waals surface area contributed by atoms with Gasteiger partial charge in [-0.1, -0.05) is 20.8 Å². The average Bonchev–Trinajstić information content (AvgIpc) is 2.79. The fourth-order valence-electron chi connectivity index (χ4n) is 3.18. The van der Waals surface area contributed by atoms with E-state index in [1.807, 2.05) is 0 Å². The minimum Gasteiger partial charge on any atom is -0.382 e. The normalized spacial score (nSPS) is 14.9. The lowest BCUT2D eigenvalue weighted by Crippen LogP contribution is -2.26. The van der Waals surface area contributed by atoms with Crippen LogP contribution in [0.1, 0.15) is 44.3 Å². The monoisotopic (exact) mass is 287 g/mol. The van der Waals surface area contributed by atoms with E-state index in [0.29, 0.717) is 11.7 Å². The zero-order valence-corrected chi connectivity index (χ0v) is 13.2. The molecule has 3 rings (SSSR count). The number of anilines is 1. The summed E-state index contributed by atoms with van der Waals surface area (Å²) in [7, 11) is 0. The summed E-state index contributed by atoms with van der Waals surface area (Å²) in [5, 5.41) is 3.45. The van der Waals surface area contributed by atoms with Gasteiger partial charge in [-0.3, -0.25) is 0 Å². The van der Waals surface area contributed by atoms with Gasteiger partial charge in [-0.05, 0) is 12.3 Å². The molecule has 3 N–H and O–H groups in total. The van der Waals surface area contributed by atoms with Crippen LogP contribution in [-0.2, 0) is 25.9 Å². The Morgan fingerprint density at radius 1 is 1.33 bits per heavy atom. The van der Waals surface area contributed by atoms with E-state index in [1.165, 1.54) is 11.1 Å². The summed E-state index contributed by atoms with van der Waals surface area (Å²) in [5.41, 5.74) is 10.7. The summed E-state index contributed by atoms with van der Waals surface area (Å²) in [4.78, 5) is 9.41. The Kier molecular flexibility index (Phi) is 3.85. The Bertz CT molecular complexity index is 656. The maximum absolute atomic E-state index is 6.18. The van der Waals surface area contributed by atoms with Gasteiger partial charge in [0.05, 0.1) is 11.2 Å². The Labute approximate surface area is 126 Å². The molecule has 0 amide bonds. The molecule has 0 saturated heterocycles. The number of imidazole rings is 1. The molecule has 21 heavy (non-hydrogen) atoms. The molecule has 0 atom stereocenters. The number of hydrogen-bond acceptors (Lipinski definition) is 4. The van der Waals surface area contributed by atoms with Crippen LogP contribution in [0.5, 0.6) is 0 Å². The van der Waals surface area contributed by atoms with E-state index in [1.54, 1.807) is 0 Å². The van der Waals surface area contributed by atoms with Crippen LogP contribution in [-0.4, -0.2) is 21.1 Å². The SMILES string of the molecule is CCCc1nc2c(N)nc3c(c2n1CC(C)C)CNCC3. The maximum Gasteiger partial charge on any atom is 0.151 e. The molecule has 1 aliphatic rings. The fourth-order valence-corrected chi connectivity index (χ4v) is 3.18. The lowest BCUT2D eigenvalue weighted by molar-refractivity contribution is 0.513. The minimum atomic E-state index is 0.583. The van der Waals surface area contributed by atoms with E-state index >= 15 is 0 Å². The molecule has 0 fully saturated rings. The summed E-state index contributed by atoms with van der Waals surface area (Å²) in [6, 6.07) is 0. The zero-order valence-electron chi connectivity index (χ0n) is 13.2. The predicted octanol–water partition coefficient (Wildman–Crippen LogP) is 2.27. The quantitative estimate of drug-likeness (QED) is 0.905. The standard InChI is InChI=1S/C16H25N5/c1-4-5-13-20-14-15(21(13)9-10(2)3)11-8-18-7-6-12(11)19-16(14)17/h10,18H,4-9H2,1-3H3,(H2,17,19). The smallest absolute Gasteiger partial charge is 0.151 e. The third-order valence-corrected chi connectivity index (χ3v) is 4.04. The van der Waals surface area contributed by atoms with Gasteiger partial charge in [0.25, 0.3) is 0 Å². The van der Waals surface area contributed by atoms with E-state index in [4.69, 9.17) is 10.7 Å². The maximum atomic E-state index is 6.18. The van der Waals surface area contributed by atoms with Gasteiger partial charge in [-0.25, -0.2) is 9.97 Å². The van der Waals surface area contributed by atoms with Crippen molar-refractivity contribution in [1.29, 1.82) is 0 Å². The van der Waals surface area contributed by atoms with Crippen molar-refractivity contribution in [1.82, 2.24) is 19.9 Å². The Morgan fingerprint density at radius 2 is 2.14 bits per heavy atom. The van der Waals surface area contributed by atoms with Crippen molar-refractivity contribution in [2.45, 2.75) is 53.1 Å². The highest BCUT2D eigenvalue weighted by Gasteiger charge is 2.22. The predicted molar refractivity (Wildman–Crippen MR) is 86.2 cm³/mol. The highest BCUT2D eigenvalue weighted by atomic mass is 15.1. The van der Waals surface area contributed by atoms with Gasteiger partial charge < -0.3 is 15.6 Å². The number of aromatic nitrogens is 3. The van der Waals surface area contributed by atoms with Gasteiger partial charge in [-0.2, -0.15) is 0 Å². The summed E-state index contributed by atoms with van der Waals surface area (Å²) in [5.74, 6) is 2.32. The molecule has 114 valence electrons. The summed E-state index contributed by atoms with van der Waals surface area (Å²) in [6.07, 6.45) is 3.03. The average molecular weight is 287 g/mol. The molecule has 0 aliphatic carbocycles. The second-order valence-electron chi connectivity index (χ2n) is 6.33. The first-order valence-electron chi connectivity index (χ1n) is 7.98. The number of hydrogen-bond donors (Lipinski definition) is 2. The van der Waals surface area contributed by atoms with Gasteiger partial charge in [0.15, 0.2) is 5.82 Å². The number of nitrogens with one attached hydrogen (secondary N) is 1. The van der Waals surface area contributed by atoms with Crippen LogP contribution in [0.3, 0.4) is 0 Å². The van der Waals surface area contributed by atoms with Crippen molar-refractivity contribution in [3.05, 3.63) is 17.1 Å². The topological polar surface area (TPSA) is 68.8 Å². The highest BCUT2D eigenvalue weighted by Crippen LogP contribution is 2.29. The van der Waals surface area contributed by atoms with Gasteiger partial charge >= 0.3 is 0 Å². The molecule has 2 aromatic heterocycles. The number of rotatable bonds is 4. The van der Waals surface area contributed by atoms with Crippen LogP contribution in [0, 0.1) is 5.92 Å². The molecule has 3 heterocycles. The molecule has 0 unspecified atom stereocenters. The van der Waals surface area contributed by atoms with E-state index in [0.717, 1.165) is 55.9 Å². The van der Waals surface area contributed by atoms with Crippen molar-refractivity contribution in [2.75, 3.05) is 12.3 Å². The van der Waals surface area contributed by atoms with Gasteiger partial charge in [0.1, 0.15) is 11.3 Å². The second kappa shape index (κ2) is 5.64. The number of nitrogens with zero attached hydrogens (tertiary/aromatic N) is 3. The van der Waals surface area contributed by atoms with Crippen LogP contribution in [0.15, 0.2) is 0 Å². The van der Waals surface area contributed by atoms with Gasteiger partial charge in [0.2, 0.25) is 0 Å². The third kappa shape index (κ3) is 2.50. The van der Waals surface area contributed by atoms with E-state index in [-0.39, 0.29) is 0 Å². The number of nitrogen functional groups attached to an aromatic ring is 1. The first kappa shape index (κ1) is 14.3. The zero-order chi connectivity index (χ0) is 15.0. The summed E-state index contributed by atoms with van der Waals surface area (Å²) >= 11 is 0. The second-order valence-corrected chi connectivity index (χ2v) is 6.33. The molecular weight excluding hydrogens is 262 g/mol. The molecule has 2 aromatic rings. The van der Waals surface area contributed by atoms with Crippen molar-refractivity contribution >= 4 is 16.9 Å². The van der Waals surface area contributed by atoms with E-state index < -0.39 is 0 Å².